The molecule has 0 saturated carbocycles. The maximum atomic E-state index is 13.7. The highest BCUT2D eigenvalue weighted by Crippen LogP contribution is 2.19. The Morgan fingerprint density at radius 1 is 1.44 bits per heavy atom. The molecule has 90 valence electrons. The molecule has 0 fully saturated rings. The summed E-state index contributed by atoms with van der Waals surface area (Å²) < 4.78 is 13.7. The molecule has 0 bridgehead atoms. The van der Waals surface area contributed by atoms with Gasteiger partial charge in [0.1, 0.15) is 5.82 Å². The van der Waals surface area contributed by atoms with E-state index in [9.17, 15) is 4.39 Å². The Bertz CT molecular complexity index is 342. The summed E-state index contributed by atoms with van der Waals surface area (Å²) in [6.07, 6.45) is 0.640. The second-order valence-corrected chi connectivity index (χ2v) is 4.57. The SMILES string of the molecule is CNC(Cc1cccc(Cl)c1F)CN(C)C. The van der Waals surface area contributed by atoms with Crippen molar-refractivity contribution in [3.63, 3.8) is 0 Å². The fourth-order valence-electron chi connectivity index (χ4n) is 1.67. The normalized spacial score (nSPS) is 13.1. The number of halogens is 2. The molecule has 2 nitrogen and oxygen atoms in total. The number of nitrogens with one attached hydrogen (secondary N) is 1. The number of likely N-dealkylation sites (N-methyl/N-ethyl adjacent to an activating group) is 2. The minimum atomic E-state index is -0.303. The minimum absolute atomic E-state index is 0.192. The lowest BCUT2D eigenvalue weighted by Gasteiger charge is -2.20. The number of hydrogen-bond acceptors (Lipinski definition) is 2. The number of nitrogens with zero attached hydrogens (tertiary/aromatic N) is 1. The predicted molar refractivity (Wildman–Crippen MR) is 66.5 cm³/mol. The van der Waals surface area contributed by atoms with Crippen LogP contribution in [0.1, 0.15) is 5.56 Å². The van der Waals surface area contributed by atoms with Gasteiger partial charge in [0, 0.05) is 12.6 Å². The largest absolute Gasteiger partial charge is 0.315 e. The predicted octanol–water partition coefficient (Wildman–Crippen LogP) is 2.17. The molecule has 4 heteroatoms. The highest BCUT2D eigenvalue weighted by Gasteiger charge is 2.12. The average Bonchev–Trinajstić information content (AvgIpc) is 2.23. The molecule has 0 spiro atoms. The highest BCUT2D eigenvalue weighted by atomic mass is 35.5. The van der Waals surface area contributed by atoms with E-state index in [-0.39, 0.29) is 16.9 Å². The third kappa shape index (κ3) is 3.74. The Morgan fingerprint density at radius 2 is 2.12 bits per heavy atom. The first kappa shape index (κ1) is 13.4. The zero-order chi connectivity index (χ0) is 12.1. The van der Waals surface area contributed by atoms with Gasteiger partial charge in [-0.1, -0.05) is 23.7 Å². The molecule has 1 unspecified atom stereocenters. The van der Waals surface area contributed by atoms with Crippen LogP contribution in [0.25, 0.3) is 0 Å². The van der Waals surface area contributed by atoms with Gasteiger partial charge in [-0.15, -0.1) is 0 Å². The standard InChI is InChI=1S/C12H18ClFN2/c1-15-10(8-16(2)3)7-9-5-4-6-11(13)12(9)14/h4-6,10,15H,7-8H2,1-3H3. The first-order valence-corrected chi connectivity index (χ1v) is 5.67. The topological polar surface area (TPSA) is 15.3 Å². The Balaban J connectivity index is 2.74. The molecule has 0 aliphatic heterocycles. The second kappa shape index (κ2) is 6.18. The van der Waals surface area contributed by atoms with Crippen molar-refractivity contribution in [3.8, 4) is 0 Å². The summed E-state index contributed by atoms with van der Waals surface area (Å²) in [6, 6.07) is 5.35. The van der Waals surface area contributed by atoms with Crippen LogP contribution in [0, 0.1) is 5.82 Å². The summed E-state index contributed by atoms with van der Waals surface area (Å²) >= 11 is 5.74. The molecular weight excluding hydrogens is 227 g/mol. The molecule has 0 aliphatic carbocycles. The van der Waals surface area contributed by atoms with Crippen molar-refractivity contribution >= 4 is 11.6 Å². The Hall–Kier alpha value is -0.640. The van der Waals surface area contributed by atoms with Crippen LogP contribution in [0.5, 0.6) is 0 Å². The van der Waals surface area contributed by atoms with E-state index in [0.717, 1.165) is 6.54 Å². The van der Waals surface area contributed by atoms with Gasteiger partial charge >= 0.3 is 0 Å². The van der Waals surface area contributed by atoms with Crippen LogP contribution >= 0.6 is 11.6 Å². The van der Waals surface area contributed by atoms with Crippen molar-refractivity contribution in [2.45, 2.75) is 12.5 Å². The maximum Gasteiger partial charge on any atom is 0.145 e. The summed E-state index contributed by atoms with van der Waals surface area (Å²) in [6.45, 7) is 0.864. The molecule has 1 aromatic rings. The van der Waals surface area contributed by atoms with Crippen LogP contribution < -0.4 is 5.32 Å². The summed E-state index contributed by atoms with van der Waals surface area (Å²) in [4.78, 5) is 2.07. The number of rotatable bonds is 5. The van der Waals surface area contributed by atoms with Crippen molar-refractivity contribution in [3.05, 3.63) is 34.6 Å². The molecule has 0 heterocycles. The number of hydrogen-bond donors (Lipinski definition) is 1. The van der Waals surface area contributed by atoms with Crippen LogP contribution in [-0.4, -0.2) is 38.6 Å². The van der Waals surface area contributed by atoms with E-state index >= 15 is 0 Å². The summed E-state index contributed by atoms with van der Waals surface area (Å²) in [5.41, 5.74) is 0.661. The first-order valence-electron chi connectivity index (χ1n) is 5.29. The van der Waals surface area contributed by atoms with E-state index in [0.29, 0.717) is 12.0 Å². The zero-order valence-electron chi connectivity index (χ0n) is 9.93. The van der Waals surface area contributed by atoms with Gasteiger partial charge in [0.15, 0.2) is 0 Å². The fourth-order valence-corrected chi connectivity index (χ4v) is 1.86. The summed E-state index contributed by atoms with van der Waals surface area (Å²) in [7, 11) is 5.88. The average molecular weight is 245 g/mol. The lowest BCUT2D eigenvalue weighted by molar-refractivity contribution is 0.345. The van der Waals surface area contributed by atoms with Crippen LogP contribution in [0.2, 0.25) is 5.02 Å². The molecule has 1 rings (SSSR count). The van der Waals surface area contributed by atoms with Gasteiger partial charge in [-0.3, -0.25) is 0 Å². The number of benzene rings is 1. The van der Waals surface area contributed by atoms with Gasteiger partial charge in [-0.05, 0) is 39.2 Å². The van der Waals surface area contributed by atoms with E-state index in [1.807, 2.05) is 21.1 Å². The Kier molecular flexibility index (Phi) is 5.19. The molecule has 0 amide bonds. The molecule has 1 N–H and O–H groups in total. The summed E-state index contributed by atoms with van der Waals surface area (Å²) in [5.74, 6) is -0.303. The lowest BCUT2D eigenvalue weighted by atomic mass is 10.1. The fraction of sp³-hybridized carbons (Fsp3) is 0.500. The molecule has 0 aromatic heterocycles. The van der Waals surface area contributed by atoms with Crippen molar-refractivity contribution in [1.29, 1.82) is 0 Å². The maximum absolute atomic E-state index is 13.7. The van der Waals surface area contributed by atoms with E-state index < -0.39 is 0 Å². The van der Waals surface area contributed by atoms with E-state index in [1.165, 1.54) is 0 Å². The smallest absolute Gasteiger partial charge is 0.145 e. The van der Waals surface area contributed by atoms with Gasteiger partial charge in [-0.2, -0.15) is 0 Å². The van der Waals surface area contributed by atoms with Gasteiger partial charge < -0.3 is 10.2 Å². The summed E-state index contributed by atoms with van der Waals surface area (Å²) in [5, 5.41) is 3.37. The van der Waals surface area contributed by atoms with E-state index in [2.05, 4.69) is 10.2 Å². The minimum Gasteiger partial charge on any atom is -0.315 e. The molecule has 0 radical (unpaired) electrons. The quantitative estimate of drug-likeness (QED) is 0.854. The van der Waals surface area contributed by atoms with Crippen LogP contribution in [0.15, 0.2) is 18.2 Å². The third-order valence-corrected chi connectivity index (χ3v) is 2.78. The van der Waals surface area contributed by atoms with Crippen molar-refractivity contribution < 1.29 is 4.39 Å². The first-order chi connectivity index (χ1) is 7.54. The molecule has 0 saturated heterocycles. The second-order valence-electron chi connectivity index (χ2n) is 4.16. The van der Waals surface area contributed by atoms with Gasteiger partial charge in [0.2, 0.25) is 0 Å². The van der Waals surface area contributed by atoms with Crippen molar-refractivity contribution in [2.24, 2.45) is 0 Å². The van der Waals surface area contributed by atoms with Crippen molar-refractivity contribution in [2.75, 3.05) is 27.7 Å². The van der Waals surface area contributed by atoms with Gasteiger partial charge in [0.05, 0.1) is 5.02 Å². The lowest BCUT2D eigenvalue weighted by Crippen LogP contribution is -2.37. The molecular formula is C12H18ClFN2. The van der Waals surface area contributed by atoms with Crippen LogP contribution in [-0.2, 0) is 6.42 Å². The van der Waals surface area contributed by atoms with Crippen molar-refractivity contribution in [1.82, 2.24) is 10.2 Å². The molecule has 1 atom stereocenters. The Morgan fingerprint density at radius 3 is 2.69 bits per heavy atom. The van der Waals surface area contributed by atoms with E-state index in [4.69, 9.17) is 11.6 Å². The molecule has 1 aromatic carbocycles. The van der Waals surface area contributed by atoms with Gasteiger partial charge in [0.25, 0.3) is 0 Å². The highest BCUT2D eigenvalue weighted by molar-refractivity contribution is 6.30. The molecule has 16 heavy (non-hydrogen) atoms. The monoisotopic (exact) mass is 244 g/mol. The molecule has 0 aliphatic rings. The van der Waals surface area contributed by atoms with Gasteiger partial charge in [-0.25, -0.2) is 4.39 Å². The van der Waals surface area contributed by atoms with Crippen LogP contribution in [0.3, 0.4) is 0 Å². The third-order valence-electron chi connectivity index (χ3n) is 2.49. The zero-order valence-corrected chi connectivity index (χ0v) is 10.7. The van der Waals surface area contributed by atoms with Crippen LogP contribution in [0.4, 0.5) is 4.39 Å². The Labute approximate surface area is 101 Å². The van der Waals surface area contributed by atoms with E-state index in [1.54, 1.807) is 18.2 Å².